The lowest BCUT2D eigenvalue weighted by atomic mass is 10.3. The Morgan fingerprint density at radius 1 is 1.32 bits per heavy atom. The molecule has 0 bridgehead atoms. The summed E-state index contributed by atoms with van der Waals surface area (Å²) in [4.78, 5) is 8.75. The van der Waals surface area contributed by atoms with E-state index >= 15 is 0 Å². The molecule has 0 amide bonds. The van der Waals surface area contributed by atoms with Crippen LogP contribution in [0.2, 0.25) is 0 Å². The van der Waals surface area contributed by atoms with Crippen LogP contribution in [0.1, 0.15) is 24.7 Å². The quantitative estimate of drug-likeness (QED) is 0.532. The van der Waals surface area contributed by atoms with Crippen molar-refractivity contribution in [3.05, 3.63) is 29.8 Å². The third-order valence-corrected chi connectivity index (χ3v) is 2.63. The van der Waals surface area contributed by atoms with Crippen molar-refractivity contribution in [2.24, 2.45) is 12.9 Å². The Balaban J connectivity index is 2.08. The molecule has 4 N–H and O–H groups in total. The van der Waals surface area contributed by atoms with Gasteiger partial charge < -0.3 is 10.7 Å². The van der Waals surface area contributed by atoms with Crippen LogP contribution in [-0.2, 0) is 20.0 Å². The zero-order chi connectivity index (χ0) is 13.7. The first kappa shape index (κ1) is 13.3. The SMILES string of the molecule is CCCc1nc(NN)cc(NCc2cnn(C)c2)n1. The van der Waals surface area contributed by atoms with Crippen LogP contribution >= 0.6 is 0 Å². The van der Waals surface area contributed by atoms with Crippen molar-refractivity contribution in [3.63, 3.8) is 0 Å². The van der Waals surface area contributed by atoms with Gasteiger partial charge in [-0.2, -0.15) is 5.10 Å². The number of nitrogen functional groups attached to an aromatic ring is 1. The standard InChI is InChI=1S/C12H19N7/c1-3-4-10-16-11(5-12(17-10)18-13)14-6-9-7-15-19(2)8-9/h5,7-8H,3-4,6,13H2,1-2H3,(H2,14,16,17,18). The van der Waals surface area contributed by atoms with E-state index in [1.165, 1.54) is 0 Å². The number of nitrogens with zero attached hydrogens (tertiary/aromatic N) is 4. The topological polar surface area (TPSA) is 93.7 Å². The number of anilines is 2. The number of nitrogens with one attached hydrogen (secondary N) is 2. The molecule has 0 saturated heterocycles. The largest absolute Gasteiger partial charge is 0.366 e. The second kappa shape index (κ2) is 6.14. The van der Waals surface area contributed by atoms with Crippen molar-refractivity contribution < 1.29 is 0 Å². The molecular formula is C12H19N7. The third kappa shape index (κ3) is 3.65. The van der Waals surface area contributed by atoms with Crippen molar-refractivity contribution in [1.82, 2.24) is 19.7 Å². The Morgan fingerprint density at radius 2 is 2.11 bits per heavy atom. The van der Waals surface area contributed by atoms with Crippen LogP contribution in [0.5, 0.6) is 0 Å². The van der Waals surface area contributed by atoms with Gasteiger partial charge in [-0.3, -0.25) is 4.68 Å². The molecule has 2 rings (SSSR count). The molecule has 0 unspecified atom stereocenters. The fourth-order valence-electron chi connectivity index (χ4n) is 1.75. The lowest BCUT2D eigenvalue weighted by Crippen LogP contribution is -2.12. The normalized spacial score (nSPS) is 10.5. The zero-order valence-electron chi connectivity index (χ0n) is 11.2. The van der Waals surface area contributed by atoms with Crippen molar-refractivity contribution in [3.8, 4) is 0 Å². The lowest BCUT2D eigenvalue weighted by molar-refractivity contribution is 0.767. The molecule has 0 spiro atoms. The van der Waals surface area contributed by atoms with Gasteiger partial charge in [-0.15, -0.1) is 0 Å². The number of nitrogens with two attached hydrogens (primary N) is 1. The molecule has 0 saturated carbocycles. The van der Waals surface area contributed by atoms with Crippen LogP contribution in [0, 0.1) is 0 Å². The number of hydrogen-bond acceptors (Lipinski definition) is 6. The highest BCUT2D eigenvalue weighted by Crippen LogP contribution is 2.12. The number of hydrazine groups is 1. The van der Waals surface area contributed by atoms with Crippen LogP contribution in [0.3, 0.4) is 0 Å². The van der Waals surface area contributed by atoms with Crippen molar-refractivity contribution in [2.45, 2.75) is 26.3 Å². The third-order valence-electron chi connectivity index (χ3n) is 2.63. The fourth-order valence-corrected chi connectivity index (χ4v) is 1.75. The van der Waals surface area contributed by atoms with Gasteiger partial charge in [0.1, 0.15) is 17.5 Å². The van der Waals surface area contributed by atoms with Crippen LogP contribution < -0.4 is 16.6 Å². The summed E-state index contributed by atoms with van der Waals surface area (Å²) >= 11 is 0. The van der Waals surface area contributed by atoms with E-state index in [2.05, 4.69) is 32.7 Å². The monoisotopic (exact) mass is 261 g/mol. The first-order valence-corrected chi connectivity index (χ1v) is 6.27. The van der Waals surface area contributed by atoms with E-state index in [0.29, 0.717) is 12.4 Å². The van der Waals surface area contributed by atoms with E-state index in [4.69, 9.17) is 5.84 Å². The average molecular weight is 261 g/mol. The van der Waals surface area contributed by atoms with Gasteiger partial charge in [-0.1, -0.05) is 6.92 Å². The molecule has 0 radical (unpaired) electrons. The van der Waals surface area contributed by atoms with Crippen molar-refractivity contribution in [1.29, 1.82) is 0 Å². The smallest absolute Gasteiger partial charge is 0.145 e. The second-order valence-corrected chi connectivity index (χ2v) is 4.32. The van der Waals surface area contributed by atoms with Gasteiger partial charge in [0.15, 0.2) is 0 Å². The second-order valence-electron chi connectivity index (χ2n) is 4.32. The molecular weight excluding hydrogens is 242 g/mol. The Kier molecular flexibility index (Phi) is 4.30. The molecule has 7 nitrogen and oxygen atoms in total. The highest BCUT2D eigenvalue weighted by atomic mass is 15.3. The first-order chi connectivity index (χ1) is 9.21. The van der Waals surface area contributed by atoms with E-state index in [9.17, 15) is 0 Å². The highest BCUT2D eigenvalue weighted by Gasteiger charge is 2.04. The molecule has 0 atom stereocenters. The molecule has 0 fully saturated rings. The number of aromatic nitrogens is 4. The van der Waals surface area contributed by atoms with E-state index < -0.39 is 0 Å². The summed E-state index contributed by atoms with van der Waals surface area (Å²) in [5, 5.41) is 7.37. The molecule has 7 heteroatoms. The summed E-state index contributed by atoms with van der Waals surface area (Å²) in [5.74, 6) is 7.57. The molecule has 2 aromatic heterocycles. The highest BCUT2D eigenvalue weighted by molar-refractivity contribution is 5.47. The van der Waals surface area contributed by atoms with Gasteiger partial charge in [0, 0.05) is 37.8 Å². The van der Waals surface area contributed by atoms with Gasteiger partial charge >= 0.3 is 0 Å². The van der Waals surface area contributed by atoms with E-state index in [1.807, 2.05) is 19.4 Å². The molecule has 2 heterocycles. The van der Waals surface area contributed by atoms with E-state index in [0.717, 1.165) is 30.0 Å². The molecule has 0 aliphatic carbocycles. The molecule has 0 aliphatic heterocycles. The van der Waals surface area contributed by atoms with Crippen LogP contribution in [0.15, 0.2) is 18.5 Å². The van der Waals surface area contributed by atoms with Gasteiger partial charge in [0.25, 0.3) is 0 Å². The maximum Gasteiger partial charge on any atom is 0.145 e. The molecule has 19 heavy (non-hydrogen) atoms. The summed E-state index contributed by atoms with van der Waals surface area (Å²) in [6, 6.07) is 1.79. The lowest BCUT2D eigenvalue weighted by Gasteiger charge is -2.08. The molecule has 2 aromatic rings. The minimum absolute atomic E-state index is 0.618. The average Bonchev–Trinajstić information content (AvgIpc) is 2.82. The maximum absolute atomic E-state index is 5.41. The zero-order valence-corrected chi connectivity index (χ0v) is 11.2. The summed E-state index contributed by atoms with van der Waals surface area (Å²) in [6.07, 6.45) is 5.61. The Bertz CT molecular complexity index is 535. The van der Waals surface area contributed by atoms with Gasteiger partial charge in [-0.25, -0.2) is 15.8 Å². The van der Waals surface area contributed by atoms with Crippen molar-refractivity contribution >= 4 is 11.6 Å². The van der Waals surface area contributed by atoms with Gasteiger partial charge in [-0.05, 0) is 6.42 Å². The summed E-state index contributed by atoms with van der Waals surface area (Å²) in [7, 11) is 1.89. The van der Waals surface area contributed by atoms with E-state index in [1.54, 1.807) is 10.7 Å². The van der Waals surface area contributed by atoms with Gasteiger partial charge in [0.2, 0.25) is 0 Å². The van der Waals surface area contributed by atoms with Crippen LogP contribution in [0.25, 0.3) is 0 Å². The predicted molar refractivity (Wildman–Crippen MR) is 74.4 cm³/mol. The van der Waals surface area contributed by atoms with Crippen LogP contribution in [-0.4, -0.2) is 19.7 Å². The molecule has 0 aromatic carbocycles. The Labute approximate surface area is 112 Å². The van der Waals surface area contributed by atoms with Crippen molar-refractivity contribution in [2.75, 3.05) is 10.7 Å². The number of aryl methyl sites for hydroxylation is 2. The Morgan fingerprint density at radius 3 is 2.74 bits per heavy atom. The van der Waals surface area contributed by atoms with E-state index in [-0.39, 0.29) is 0 Å². The first-order valence-electron chi connectivity index (χ1n) is 6.27. The number of hydrogen-bond donors (Lipinski definition) is 3. The fraction of sp³-hybridized carbons (Fsp3) is 0.417. The minimum Gasteiger partial charge on any atom is -0.366 e. The molecule has 0 aliphatic rings. The maximum atomic E-state index is 5.41. The summed E-state index contributed by atoms with van der Waals surface area (Å²) in [6.45, 7) is 2.76. The number of rotatable bonds is 6. The summed E-state index contributed by atoms with van der Waals surface area (Å²) < 4.78 is 1.77. The Hall–Kier alpha value is -2.15. The summed E-state index contributed by atoms with van der Waals surface area (Å²) in [5.41, 5.74) is 3.66. The minimum atomic E-state index is 0.618. The van der Waals surface area contributed by atoms with Gasteiger partial charge in [0.05, 0.1) is 6.20 Å². The van der Waals surface area contributed by atoms with Crippen LogP contribution in [0.4, 0.5) is 11.6 Å². The predicted octanol–water partition coefficient (Wildman–Crippen LogP) is 1.06. The molecule has 102 valence electrons.